The van der Waals surface area contributed by atoms with Gasteiger partial charge in [0.15, 0.2) is 5.41 Å². The topological polar surface area (TPSA) is 101 Å². The molecule has 2 rings (SSSR count). The number of fused-ring (bicyclic) bond motifs is 2. The summed E-state index contributed by atoms with van der Waals surface area (Å²) >= 11 is 0. The summed E-state index contributed by atoms with van der Waals surface area (Å²) in [6.45, 7) is 0. The van der Waals surface area contributed by atoms with Gasteiger partial charge in [0.25, 0.3) is 0 Å². The van der Waals surface area contributed by atoms with E-state index in [1.54, 1.807) is 0 Å². The highest BCUT2D eigenvalue weighted by atomic mass is 16.5. The molecule has 6 heteroatoms. The first-order valence-corrected chi connectivity index (χ1v) is 5.46. The van der Waals surface area contributed by atoms with E-state index in [1.807, 2.05) is 0 Å². The molecule has 0 radical (unpaired) electrons. The number of ether oxygens (including phenoxy) is 1. The van der Waals surface area contributed by atoms with E-state index in [0.29, 0.717) is 12.8 Å². The van der Waals surface area contributed by atoms with E-state index in [4.69, 9.17) is 0 Å². The van der Waals surface area contributed by atoms with E-state index in [0.717, 1.165) is 7.11 Å². The molecule has 0 aliphatic heterocycles. The van der Waals surface area contributed by atoms with Crippen molar-refractivity contribution in [1.82, 2.24) is 0 Å². The van der Waals surface area contributed by atoms with Gasteiger partial charge in [-0.3, -0.25) is 14.4 Å². The summed E-state index contributed by atoms with van der Waals surface area (Å²) in [5, 5.41) is 18.6. The molecule has 0 aromatic heterocycles. The van der Waals surface area contributed by atoms with E-state index in [9.17, 15) is 24.6 Å². The summed E-state index contributed by atoms with van der Waals surface area (Å²) < 4.78 is 4.65. The zero-order chi connectivity index (χ0) is 12.8. The molecule has 2 N–H and O–H groups in total. The highest BCUT2D eigenvalue weighted by Crippen LogP contribution is 2.65. The van der Waals surface area contributed by atoms with Crippen LogP contribution in [0.15, 0.2) is 0 Å². The van der Waals surface area contributed by atoms with Gasteiger partial charge in [0.2, 0.25) is 0 Å². The minimum absolute atomic E-state index is 0.0127. The predicted molar refractivity (Wildman–Crippen MR) is 54.1 cm³/mol. The number of hydrogen-bond donors (Lipinski definition) is 2. The lowest BCUT2D eigenvalue weighted by Gasteiger charge is -2.37. The van der Waals surface area contributed by atoms with Gasteiger partial charge in [0, 0.05) is 0 Å². The average Bonchev–Trinajstić information content (AvgIpc) is 2.84. The van der Waals surface area contributed by atoms with Crippen molar-refractivity contribution in [3.63, 3.8) is 0 Å². The molecule has 0 heterocycles. The van der Waals surface area contributed by atoms with Crippen LogP contribution in [0.3, 0.4) is 0 Å². The zero-order valence-corrected chi connectivity index (χ0v) is 9.43. The Morgan fingerprint density at radius 3 is 2.18 bits per heavy atom. The lowest BCUT2D eigenvalue weighted by atomic mass is 9.62. The maximum Gasteiger partial charge on any atom is 0.322 e. The summed E-state index contributed by atoms with van der Waals surface area (Å²) in [4.78, 5) is 34.7. The molecule has 2 unspecified atom stereocenters. The lowest BCUT2D eigenvalue weighted by Crippen LogP contribution is -2.54. The Morgan fingerprint density at radius 2 is 1.76 bits per heavy atom. The second kappa shape index (κ2) is 3.45. The Morgan fingerprint density at radius 1 is 1.18 bits per heavy atom. The van der Waals surface area contributed by atoms with E-state index >= 15 is 0 Å². The number of carboxylic acid groups (broad SMARTS) is 2. The van der Waals surface area contributed by atoms with E-state index in [-0.39, 0.29) is 18.8 Å². The number of carboxylic acids is 2. The van der Waals surface area contributed by atoms with E-state index in [2.05, 4.69) is 4.74 Å². The Balaban J connectivity index is 2.57. The van der Waals surface area contributed by atoms with Crippen LogP contribution in [0.25, 0.3) is 0 Å². The van der Waals surface area contributed by atoms with Gasteiger partial charge in [-0.25, -0.2) is 0 Å². The molecular weight excluding hydrogens is 228 g/mol. The van der Waals surface area contributed by atoms with Gasteiger partial charge >= 0.3 is 17.9 Å². The van der Waals surface area contributed by atoms with Crippen LogP contribution in [-0.2, 0) is 19.1 Å². The summed E-state index contributed by atoms with van der Waals surface area (Å²) in [6, 6.07) is 0. The van der Waals surface area contributed by atoms with Crippen LogP contribution in [-0.4, -0.2) is 35.2 Å². The fourth-order valence-corrected chi connectivity index (χ4v) is 3.57. The molecule has 0 saturated heterocycles. The third-order valence-electron chi connectivity index (χ3n) is 4.33. The Bertz CT molecular complexity index is 387. The van der Waals surface area contributed by atoms with Crippen molar-refractivity contribution in [3.05, 3.63) is 0 Å². The molecule has 94 valence electrons. The Hall–Kier alpha value is -1.59. The van der Waals surface area contributed by atoms with Gasteiger partial charge in [-0.2, -0.15) is 0 Å². The van der Waals surface area contributed by atoms with Crippen LogP contribution < -0.4 is 0 Å². The number of aliphatic carboxylic acids is 2. The highest BCUT2D eigenvalue weighted by Gasteiger charge is 2.74. The number of esters is 1. The minimum atomic E-state index is -2.01. The normalized spacial score (nSPS) is 33.4. The minimum Gasteiger partial charge on any atom is -0.480 e. The molecule has 0 amide bonds. The zero-order valence-electron chi connectivity index (χ0n) is 9.43. The molecule has 2 saturated carbocycles. The number of rotatable bonds is 3. The third kappa shape index (κ3) is 1.18. The van der Waals surface area contributed by atoms with Crippen molar-refractivity contribution < 1.29 is 29.3 Å². The molecule has 0 aromatic carbocycles. The van der Waals surface area contributed by atoms with Crippen molar-refractivity contribution >= 4 is 17.9 Å². The van der Waals surface area contributed by atoms with E-state index in [1.165, 1.54) is 0 Å². The van der Waals surface area contributed by atoms with Gasteiger partial charge in [-0.1, -0.05) is 0 Å². The number of carbonyl (C=O) groups is 3. The number of carbonyl (C=O) groups excluding carboxylic acids is 1. The molecule has 2 aliphatic rings. The van der Waals surface area contributed by atoms with Crippen LogP contribution in [0.5, 0.6) is 0 Å². The highest BCUT2D eigenvalue weighted by molar-refractivity contribution is 6.05. The second-order valence-corrected chi connectivity index (χ2v) is 4.90. The molecular formula is C11H14O6. The van der Waals surface area contributed by atoms with Crippen molar-refractivity contribution in [1.29, 1.82) is 0 Å². The molecule has 6 nitrogen and oxygen atoms in total. The smallest absolute Gasteiger partial charge is 0.322 e. The van der Waals surface area contributed by atoms with E-state index < -0.39 is 28.7 Å². The molecule has 2 fully saturated rings. The molecule has 0 aromatic rings. The summed E-state index contributed by atoms with van der Waals surface area (Å²) in [5.41, 5.74) is -3.40. The molecule has 2 bridgehead atoms. The quantitative estimate of drug-likeness (QED) is 0.552. The SMILES string of the molecule is COC(=O)C12CCC(C1)CC2(C(=O)O)C(=O)O. The first kappa shape index (κ1) is 11.9. The average molecular weight is 242 g/mol. The van der Waals surface area contributed by atoms with Crippen molar-refractivity contribution in [3.8, 4) is 0 Å². The Labute approximate surface area is 97.6 Å². The molecule has 2 aliphatic carbocycles. The molecule has 17 heavy (non-hydrogen) atoms. The maximum atomic E-state index is 11.9. The second-order valence-electron chi connectivity index (χ2n) is 4.90. The van der Waals surface area contributed by atoms with Gasteiger partial charge in [0.05, 0.1) is 12.5 Å². The summed E-state index contributed by atoms with van der Waals surface area (Å²) in [5.74, 6) is -3.58. The van der Waals surface area contributed by atoms with Crippen molar-refractivity contribution in [2.24, 2.45) is 16.7 Å². The van der Waals surface area contributed by atoms with Crippen LogP contribution in [0, 0.1) is 16.7 Å². The van der Waals surface area contributed by atoms with Gasteiger partial charge in [-0.15, -0.1) is 0 Å². The fourth-order valence-electron chi connectivity index (χ4n) is 3.57. The van der Waals surface area contributed by atoms with Crippen LogP contribution in [0.4, 0.5) is 0 Å². The predicted octanol–water partition coefficient (Wildman–Crippen LogP) is 0.505. The third-order valence-corrected chi connectivity index (χ3v) is 4.33. The van der Waals surface area contributed by atoms with Crippen molar-refractivity contribution in [2.45, 2.75) is 25.7 Å². The lowest BCUT2D eigenvalue weighted by molar-refractivity contribution is -0.185. The number of hydrogen-bond acceptors (Lipinski definition) is 4. The number of methoxy groups -OCH3 is 1. The van der Waals surface area contributed by atoms with Gasteiger partial charge in [0.1, 0.15) is 0 Å². The van der Waals surface area contributed by atoms with Gasteiger partial charge < -0.3 is 14.9 Å². The van der Waals surface area contributed by atoms with Crippen molar-refractivity contribution in [2.75, 3.05) is 7.11 Å². The standard InChI is InChI=1S/C11H14O6/c1-17-9(16)10-3-2-6(4-10)5-11(10,7(12)13)8(14)15/h6H,2-5H2,1H3,(H,12,13)(H,14,15). The summed E-state index contributed by atoms with van der Waals surface area (Å²) in [6.07, 6.45) is 1.30. The Kier molecular flexibility index (Phi) is 2.41. The fraction of sp³-hybridized carbons (Fsp3) is 0.727. The largest absolute Gasteiger partial charge is 0.480 e. The van der Waals surface area contributed by atoms with Gasteiger partial charge in [-0.05, 0) is 31.6 Å². The monoisotopic (exact) mass is 242 g/mol. The van der Waals surface area contributed by atoms with Crippen LogP contribution in [0.2, 0.25) is 0 Å². The van der Waals surface area contributed by atoms with Crippen LogP contribution >= 0.6 is 0 Å². The first-order valence-electron chi connectivity index (χ1n) is 5.46. The molecule has 0 spiro atoms. The maximum absolute atomic E-state index is 11.9. The summed E-state index contributed by atoms with van der Waals surface area (Å²) in [7, 11) is 1.16. The van der Waals surface area contributed by atoms with Crippen LogP contribution in [0.1, 0.15) is 25.7 Å². The molecule has 2 atom stereocenters. The first-order chi connectivity index (χ1) is 7.90.